The lowest BCUT2D eigenvalue weighted by Crippen LogP contribution is -2.39. The Morgan fingerprint density at radius 3 is 2.43 bits per heavy atom. The normalized spacial score (nSPS) is 15.2. The molecule has 0 radical (unpaired) electrons. The number of hydrogen-bond acceptors (Lipinski definition) is 4. The van der Waals surface area contributed by atoms with Gasteiger partial charge < -0.3 is 10.2 Å². The molecule has 0 atom stereocenters. The largest absolute Gasteiger partial charge is 0.352 e. The minimum atomic E-state index is -0.431. The highest BCUT2D eigenvalue weighted by molar-refractivity contribution is 6.02. The second-order valence-corrected chi connectivity index (χ2v) is 9.25. The number of ketones is 1. The molecule has 0 fully saturated rings. The van der Waals surface area contributed by atoms with Crippen molar-refractivity contribution >= 4 is 11.7 Å². The highest BCUT2D eigenvalue weighted by atomic mass is 16.2. The van der Waals surface area contributed by atoms with E-state index in [2.05, 4.69) is 5.32 Å². The third kappa shape index (κ3) is 4.70. The number of nitrogens with zero attached hydrogens (tertiary/aromatic N) is 2. The molecule has 0 bridgehead atoms. The van der Waals surface area contributed by atoms with Crippen molar-refractivity contribution in [3.63, 3.8) is 0 Å². The van der Waals surface area contributed by atoms with Crippen LogP contribution in [0, 0.1) is 12.3 Å². The lowest BCUT2D eigenvalue weighted by molar-refractivity contribution is 0.0908. The van der Waals surface area contributed by atoms with Gasteiger partial charge in [-0.1, -0.05) is 31.5 Å². The smallest absolute Gasteiger partial charge is 0.268 e. The highest BCUT2D eigenvalue weighted by Gasteiger charge is 2.35. The summed E-state index contributed by atoms with van der Waals surface area (Å²) in [6.07, 6.45) is 1.78. The molecule has 1 aliphatic carbocycles. The minimum absolute atomic E-state index is 0.0206. The van der Waals surface area contributed by atoms with Gasteiger partial charge in [0, 0.05) is 29.9 Å². The zero-order valence-electron chi connectivity index (χ0n) is 18.5. The lowest BCUT2D eigenvalue weighted by Gasteiger charge is -2.32. The number of aromatic nitrogens is 1. The van der Waals surface area contributed by atoms with Crippen LogP contribution in [-0.2, 0) is 6.42 Å². The summed E-state index contributed by atoms with van der Waals surface area (Å²) in [5.41, 5.74) is 2.32. The number of aryl methyl sites for hydroxylation is 1. The zero-order chi connectivity index (χ0) is 22.1. The van der Waals surface area contributed by atoms with Gasteiger partial charge in [-0.25, -0.2) is 0 Å². The Bertz CT molecular complexity index is 1020. The minimum Gasteiger partial charge on any atom is -0.352 e. The van der Waals surface area contributed by atoms with Crippen molar-refractivity contribution in [2.24, 2.45) is 5.41 Å². The van der Waals surface area contributed by atoms with Gasteiger partial charge in [-0.15, -0.1) is 0 Å². The average molecular weight is 410 g/mol. The monoisotopic (exact) mass is 409 g/mol. The van der Waals surface area contributed by atoms with Crippen LogP contribution in [0.1, 0.15) is 58.7 Å². The van der Waals surface area contributed by atoms with Crippen LogP contribution in [0.25, 0.3) is 5.69 Å². The van der Waals surface area contributed by atoms with Crippen LogP contribution in [0.5, 0.6) is 0 Å². The Morgan fingerprint density at radius 2 is 1.80 bits per heavy atom. The second kappa shape index (κ2) is 8.56. The summed E-state index contributed by atoms with van der Waals surface area (Å²) in [4.78, 5) is 41.2. The molecule has 3 rings (SSSR count). The molecule has 1 aliphatic rings. The molecule has 0 saturated carbocycles. The van der Waals surface area contributed by atoms with Crippen molar-refractivity contribution < 1.29 is 9.59 Å². The number of carbonyl (C=O) groups is 2. The standard InChI is InChI=1S/C24H31N3O3/c1-16-7-9-17(10-8-16)27-20-14-24(2,3)15-21(28)18(20)13-19(23(27)30)22(29)25-11-6-12-26(4)5/h7-10,13H,6,11-12,14-15H2,1-5H3,(H,25,29). The fourth-order valence-corrected chi connectivity index (χ4v) is 3.94. The van der Waals surface area contributed by atoms with Crippen LogP contribution >= 0.6 is 0 Å². The van der Waals surface area contributed by atoms with Gasteiger partial charge in [-0.05, 0) is 64.0 Å². The van der Waals surface area contributed by atoms with E-state index in [-0.39, 0.29) is 22.3 Å². The maximum atomic E-state index is 13.4. The highest BCUT2D eigenvalue weighted by Crippen LogP contribution is 2.35. The molecular weight excluding hydrogens is 378 g/mol. The molecule has 1 N–H and O–H groups in total. The third-order valence-electron chi connectivity index (χ3n) is 5.49. The number of benzene rings is 1. The lowest BCUT2D eigenvalue weighted by atomic mass is 9.75. The molecule has 1 aromatic heterocycles. The molecule has 6 nitrogen and oxygen atoms in total. The fourth-order valence-electron chi connectivity index (χ4n) is 3.94. The molecule has 6 heteroatoms. The number of pyridine rings is 1. The SMILES string of the molecule is Cc1ccc(-n2c3c(cc(C(=O)NCCCN(C)C)c2=O)C(=O)CC(C)(C)C3)cc1. The maximum absolute atomic E-state index is 13.4. The number of nitrogens with one attached hydrogen (secondary N) is 1. The predicted octanol–water partition coefficient (Wildman–Crippen LogP) is 2.98. The summed E-state index contributed by atoms with van der Waals surface area (Å²) in [5, 5.41) is 2.83. The molecule has 2 aromatic rings. The topological polar surface area (TPSA) is 71.4 Å². The van der Waals surface area contributed by atoms with Gasteiger partial charge in [0.25, 0.3) is 11.5 Å². The van der Waals surface area contributed by atoms with E-state index in [1.54, 1.807) is 4.57 Å². The summed E-state index contributed by atoms with van der Waals surface area (Å²) in [5.74, 6) is -0.455. The maximum Gasteiger partial charge on any atom is 0.268 e. The van der Waals surface area contributed by atoms with Crippen LogP contribution in [0.15, 0.2) is 35.1 Å². The van der Waals surface area contributed by atoms with Crippen LogP contribution in [0.4, 0.5) is 0 Å². The van der Waals surface area contributed by atoms with Gasteiger partial charge >= 0.3 is 0 Å². The molecule has 1 aromatic carbocycles. The van der Waals surface area contributed by atoms with E-state index in [0.717, 1.165) is 18.5 Å². The molecule has 0 saturated heterocycles. The van der Waals surface area contributed by atoms with E-state index in [4.69, 9.17) is 0 Å². The number of fused-ring (bicyclic) bond motifs is 1. The Labute approximate surface area is 177 Å². The summed E-state index contributed by atoms with van der Waals surface area (Å²) >= 11 is 0. The van der Waals surface area contributed by atoms with Gasteiger partial charge in [-0.3, -0.25) is 19.0 Å². The first kappa shape index (κ1) is 22.0. The molecule has 30 heavy (non-hydrogen) atoms. The van der Waals surface area contributed by atoms with Crippen molar-refractivity contribution in [1.29, 1.82) is 0 Å². The number of carbonyl (C=O) groups excluding carboxylic acids is 2. The Kier molecular flexibility index (Phi) is 6.27. The van der Waals surface area contributed by atoms with Crippen molar-refractivity contribution in [3.05, 3.63) is 63.1 Å². The van der Waals surface area contributed by atoms with E-state index < -0.39 is 5.91 Å². The van der Waals surface area contributed by atoms with Gasteiger partial charge in [0.15, 0.2) is 5.78 Å². The predicted molar refractivity (Wildman–Crippen MR) is 119 cm³/mol. The summed E-state index contributed by atoms with van der Waals surface area (Å²) < 4.78 is 1.56. The van der Waals surface area contributed by atoms with E-state index in [1.165, 1.54) is 6.07 Å². The summed E-state index contributed by atoms with van der Waals surface area (Å²) in [6, 6.07) is 9.08. The molecule has 1 heterocycles. The Hall–Kier alpha value is -2.73. The molecule has 0 unspecified atom stereocenters. The second-order valence-electron chi connectivity index (χ2n) is 9.25. The van der Waals surface area contributed by atoms with E-state index in [1.807, 2.05) is 64.0 Å². The van der Waals surface area contributed by atoms with E-state index in [0.29, 0.717) is 36.3 Å². The first-order chi connectivity index (χ1) is 14.1. The van der Waals surface area contributed by atoms with Gasteiger partial charge in [0.05, 0.1) is 0 Å². The number of amides is 1. The fraction of sp³-hybridized carbons (Fsp3) is 0.458. The first-order valence-corrected chi connectivity index (χ1v) is 10.4. The van der Waals surface area contributed by atoms with Gasteiger partial charge in [-0.2, -0.15) is 0 Å². The van der Waals surface area contributed by atoms with Crippen molar-refractivity contribution in [2.75, 3.05) is 27.2 Å². The quantitative estimate of drug-likeness (QED) is 0.745. The van der Waals surface area contributed by atoms with Crippen molar-refractivity contribution in [2.45, 2.75) is 40.0 Å². The zero-order valence-corrected chi connectivity index (χ0v) is 18.5. The molecule has 160 valence electrons. The van der Waals surface area contributed by atoms with Crippen LogP contribution in [-0.4, -0.2) is 48.3 Å². The number of Topliss-reactive ketones (excluding diaryl/α,β-unsaturated/α-hetero) is 1. The summed E-state index contributed by atoms with van der Waals surface area (Å²) in [7, 11) is 3.94. The van der Waals surface area contributed by atoms with Gasteiger partial charge in [0.2, 0.25) is 0 Å². The van der Waals surface area contributed by atoms with Crippen molar-refractivity contribution in [3.8, 4) is 5.69 Å². The average Bonchev–Trinajstić information content (AvgIpc) is 2.65. The van der Waals surface area contributed by atoms with Crippen LogP contribution in [0.2, 0.25) is 0 Å². The Morgan fingerprint density at radius 1 is 1.13 bits per heavy atom. The third-order valence-corrected chi connectivity index (χ3v) is 5.49. The Balaban J connectivity index is 2.08. The molecule has 0 aliphatic heterocycles. The number of rotatable bonds is 6. The van der Waals surface area contributed by atoms with Crippen LogP contribution < -0.4 is 10.9 Å². The van der Waals surface area contributed by atoms with Crippen LogP contribution in [0.3, 0.4) is 0 Å². The molecule has 0 spiro atoms. The molecular formula is C24H31N3O3. The molecule has 1 amide bonds. The number of hydrogen-bond donors (Lipinski definition) is 1. The first-order valence-electron chi connectivity index (χ1n) is 10.4. The van der Waals surface area contributed by atoms with Crippen molar-refractivity contribution in [1.82, 2.24) is 14.8 Å². The van der Waals surface area contributed by atoms with Gasteiger partial charge in [0.1, 0.15) is 5.56 Å². The van der Waals surface area contributed by atoms with E-state index in [9.17, 15) is 14.4 Å². The van der Waals surface area contributed by atoms with E-state index >= 15 is 0 Å². The summed E-state index contributed by atoms with van der Waals surface area (Å²) in [6.45, 7) is 7.35.